The second-order valence-corrected chi connectivity index (χ2v) is 6.72. The van der Waals surface area contributed by atoms with Crippen LogP contribution in [-0.2, 0) is 12.6 Å². The number of hydrogen-bond acceptors (Lipinski definition) is 5. The number of halogens is 3. The first kappa shape index (κ1) is 21.0. The zero-order valence-electron chi connectivity index (χ0n) is 15.9. The van der Waals surface area contributed by atoms with Gasteiger partial charge in [0.05, 0.1) is 12.6 Å². The second kappa shape index (κ2) is 8.56. The van der Waals surface area contributed by atoms with Crippen LogP contribution in [0.1, 0.15) is 37.6 Å². The van der Waals surface area contributed by atoms with E-state index in [-0.39, 0.29) is 24.3 Å². The van der Waals surface area contributed by atoms with Crippen LogP contribution in [0.3, 0.4) is 0 Å². The topological polar surface area (TPSA) is 70.1 Å². The number of anilines is 3. The molecule has 2 aromatic rings. The third-order valence-electron chi connectivity index (χ3n) is 4.33. The van der Waals surface area contributed by atoms with E-state index in [1.807, 2.05) is 45.9 Å². The van der Waals surface area contributed by atoms with E-state index in [2.05, 4.69) is 20.6 Å². The number of alkyl halides is 3. The standard InChI is InChI=1S/C19H25F3N4O/c1-5-13-8-6-7-12(4)17(13)25-16-9-15(19(20,21)22)24-18(26-16)23-14(10-27)11(2)3/h6-9,11,14,27H,5,10H2,1-4H3,(H2,23,24,25,26)/t14-/m1/s1. The van der Waals surface area contributed by atoms with E-state index in [0.29, 0.717) is 0 Å². The molecule has 1 aromatic heterocycles. The van der Waals surface area contributed by atoms with Crippen LogP contribution in [0.5, 0.6) is 0 Å². The highest BCUT2D eigenvalue weighted by atomic mass is 19.4. The molecule has 1 aromatic carbocycles. The van der Waals surface area contributed by atoms with Gasteiger partial charge in [-0.25, -0.2) is 4.98 Å². The molecule has 0 saturated heterocycles. The van der Waals surface area contributed by atoms with E-state index in [9.17, 15) is 18.3 Å². The number of nitrogens with one attached hydrogen (secondary N) is 2. The molecule has 148 valence electrons. The number of aliphatic hydroxyl groups excluding tert-OH is 1. The molecule has 27 heavy (non-hydrogen) atoms. The van der Waals surface area contributed by atoms with Gasteiger partial charge < -0.3 is 15.7 Å². The molecule has 0 aliphatic rings. The highest BCUT2D eigenvalue weighted by molar-refractivity contribution is 5.65. The SMILES string of the molecule is CCc1cccc(C)c1Nc1cc(C(F)(F)F)nc(N[C@H](CO)C(C)C)n1. The summed E-state index contributed by atoms with van der Waals surface area (Å²) < 4.78 is 39.9. The minimum atomic E-state index is -4.61. The Morgan fingerprint density at radius 2 is 1.89 bits per heavy atom. The predicted octanol–water partition coefficient (Wildman–Crippen LogP) is 4.54. The van der Waals surface area contributed by atoms with Crippen molar-refractivity contribution in [3.63, 3.8) is 0 Å². The summed E-state index contributed by atoms with van der Waals surface area (Å²) >= 11 is 0. The van der Waals surface area contributed by atoms with E-state index in [1.54, 1.807) is 0 Å². The average molecular weight is 382 g/mol. The van der Waals surface area contributed by atoms with E-state index < -0.39 is 17.9 Å². The Hall–Kier alpha value is -2.35. The Morgan fingerprint density at radius 3 is 2.44 bits per heavy atom. The molecule has 0 saturated carbocycles. The Bertz CT molecular complexity index is 778. The van der Waals surface area contributed by atoms with Crippen molar-refractivity contribution < 1.29 is 18.3 Å². The second-order valence-electron chi connectivity index (χ2n) is 6.72. The molecule has 0 fully saturated rings. The fraction of sp³-hybridized carbons (Fsp3) is 0.474. The lowest BCUT2D eigenvalue weighted by molar-refractivity contribution is -0.141. The molecule has 0 unspecified atom stereocenters. The number of aliphatic hydroxyl groups is 1. The van der Waals surface area contributed by atoms with Gasteiger partial charge in [0.25, 0.3) is 0 Å². The van der Waals surface area contributed by atoms with E-state index in [1.165, 1.54) is 0 Å². The van der Waals surface area contributed by atoms with Crippen molar-refractivity contribution in [1.29, 1.82) is 0 Å². The van der Waals surface area contributed by atoms with Gasteiger partial charge in [-0.1, -0.05) is 39.0 Å². The molecule has 0 radical (unpaired) electrons. The van der Waals surface area contributed by atoms with Gasteiger partial charge in [0, 0.05) is 11.8 Å². The third-order valence-corrected chi connectivity index (χ3v) is 4.33. The highest BCUT2D eigenvalue weighted by Crippen LogP contribution is 2.32. The molecule has 8 heteroatoms. The number of aryl methyl sites for hydroxylation is 2. The van der Waals surface area contributed by atoms with E-state index in [4.69, 9.17) is 0 Å². The summed E-state index contributed by atoms with van der Waals surface area (Å²) in [5, 5.41) is 15.2. The number of nitrogens with zero attached hydrogens (tertiary/aromatic N) is 2. The third kappa shape index (κ3) is 5.32. The molecule has 5 nitrogen and oxygen atoms in total. The monoisotopic (exact) mass is 382 g/mol. The van der Waals surface area contributed by atoms with Gasteiger partial charge >= 0.3 is 6.18 Å². The van der Waals surface area contributed by atoms with Gasteiger partial charge in [0.2, 0.25) is 5.95 Å². The molecule has 2 rings (SSSR count). The fourth-order valence-corrected chi connectivity index (χ4v) is 2.64. The lowest BCUT2D eigenvalue weighted by atomic mass is 10.1. The summed E-state index contributed by atoms with van der Waals surface area (Å²) in [5.74, 6) is -0.136. The van der Waals surface area contributed by atoms with Crippen LogP contribution in [0, 0.1) is 12.8 Å². The van der Waals surface area contributed by atoms with Gasteiger partial charge in [-0.15, -0.1) is 0 Å². The molecule has 0 aliphatic carbocycles. The molecule has 0 amide bonds. The van der Waals surface area contributed by atoms with Gasteiger partial charge in [-0.2, -0.15) is 18.2 Å². The smallest absolute Gasteiger partial charge is 0.394 e. The van der Waals surface area contributed by atoms with Crippen molar-refractivity contribution in [1.82, 2.24) is 9.97 Å². The Labute approximate surface area is 157 Å². The summed E-state index contributed by atoms with van der Waals surface area (Å²) in [6.07, 6.45) is -3.88. The molecular formula is C19H25F3N4O. The Morgan fingerprint density at radius 1 is 1.19 bits per heavy atom. The van der Waals surface area contributed by atoms with Crippen LogP contribution in [0.2, 0.25) is 0 Å². The fourth-order valence-electron chi connectivity index (χ4n) is 2.64. The average Bonchev–Trinajstić information content (AvgIpc) is 2.60. The maximum Gasteiger partial charge on any atom is 0.433 e. The quantitative estimate of drug-likeness (QED) is 0.656. The van der Waals surface area contributed by atoms with Crippen molar-refractivity contribution in [3.05, 3.63) is 41.1 Å². The maximum absolute atomic E-state index is 13.3. The number of aromatic nitrogens is 2. The van der Waals surface area contributed by atoms with E-state index in [0.717, 1.165) is 29.3 Å². The normalized spacial score (nSPS) is 12.9. The van der Waals surface area contributed by atoms with E-state index >= 15 is 0 Å². The van der Waals surface area contributed by atoms with Gasteiger partial charge in [-0.3, -0.25) is 0 Å². The van der Waals surface area contributed by atoms with Gasteiger partial charge in [-0.05, 0) is 30.4 Å². The highest BCUT2D eigenvalue weighted by Gasteiger charge is 2.34. The molecule has 0 spiro atoms. The molecular weight excluding hydrogens is 357 g/mol. The minimum absolute atomic E-state index is 0.00684. The Kier molecular flexibility index (Phi) is 6.64. The largest absolute Gasteiger partial charge is 0.433 e. The van der Waals surface area contributed by atoms with Crippen LogP contribution >= 0.6 is 0 Å². The molecule has 3 N–H and O–H groups in total. The summed E-state index contributed by atoms with van der Waals surface area (Å²) in [5.41, 5.74) is 1.58. The minimum Gasteiger partial charge on any atom is -0.394 e. The van der Waals surface area contributed by atoms with Crippen molar-refractivity contribution in [3.8, 4) is 0 Å². The van der Waals surface area contributed by atoms with Crippen LogP contribution in [0.4, 0.5) is 30.6 Å². The number of rotatable bonds is 7. The van der Waals surface area contributed by atoms with Gasteiger partial charge in [0.1, 0.15) is 5.82 Å². The van der Waals surface area contributed by atoms with Crippen LogP contribution in [-0.4, -0.2) is 27.7 Å². The number of benzene rings is 1. The summed E-state index contributed by atoms with van der Waals surface area (Å²) in [4.78, 5) is 7.77. The van der Waals surface area contributed by atoms with Crippen LogP contribution in [0.25, 0.3) is 0 Å². The first-order chi connectivity index (χ1) is 12.7. The molecule has 1 heterocycles. The number of para-hydroxylation sites is 1. The zero-order valence-corrected chi connectivity index (χ0v) is 15.9. The zero-order chi connectivity index (χ0) is 20.2. The van der Waals surface area contributed by atoms with Crippen molar-refractivity contribution in [2.75, 3.05) is 17.2 Å². The maximum atomic E-state index is 13.3. The van der Waals surface area contributed by atoms with Gasteiger partial charge in [0.15, 0.2) is 5.69 Å². The first-order valence-corrected chi connectivity index (χ1v) is 8.84. The molecule has 1 atom stereocenters. The molecule has 0 bridgehead atoms. The predicted molar refractivity (Wildman–Crippen MR) is 100 cm³/mol. The summed E-state index contributed by atoms with van der Waals surface area (Å²) in [7, 11) is 0. The lowest BCUT2D eigenvalue weighted by Gasteiger charge is -2.21. The van der Waals surface area contributed by atoms with Crippen LogP contribution < -0.4 is 10.6 Å². The summed E-state index contributed by atoms with van der Waals surface area (Å²) in [6.45, 7) is 7.32. The Balaban J connectivity index is 2.45. The van der Waals surface area contributed by atoms with Crippen molar-refractivity contribution >= 4 is 17.5 Å². The van der Waals surface area contributed by atoms with Crippen molar-refractivity contribution in [2.24, 2.45) is 5.92 Å². The first-order valence-electron chi connectivity index (χ1n) is 8.84. The van der Waals surface area contributed by atoms with Crippen LogP contribution in [0.15, 0.2) is 24.3 Å². The molecule has 0 aliphatic heterocycles. The summed E-state index contributed by atoms with van der Waals surface area (Å²) in [6, 6.07) is 6.14. The lowest BCUT2D eigenvalue weighted by Crippen LogP contribution is -2.30. The number of hydrogen-bond donors (Lipinski definition) is 3. The van der Waals surface area contributed by atoms with Crippen molar-refractivity contribution in [2.45, 2.75) is 46.3 Å².